The number of halogens is 1. The maximum Gasteiger partial charge on any atom is 0.315 e. The molecule has 1 aliphatic rings. The van der Waals surface area contributed by atoms with Crippen molar-refractivity contribution in [1.29, 1.82) is 0 Å². The minimum Gasteiger partial charge on any atom is -0.334 e. The second kappa shape index (κ2) is 8.98. The second-order valence-corrected chi connectivity index (χ2v) is 6.56. The molecule has 0 atom stereocenters. The monoisotopic (exact) mass is 384 g/mol. The van der Waals surface area contributed by atoms with Crippen molar-refractivity contribution < 1.29 is 18.8 Å². The summed E-state index contributed by atoms with van der Waals surface area (Å²) in [6, 6.07) is 12.1. The first-order chi connectivity index (χ1) is 13.5. The fourth-order valence-corrected chi connectivity index (χ4v) is 2.48. The highest BCUT2D eigenvalue weighted by atomic mass is 19.1. The van der Waals surface area contributed by atoms with Crippen LogP contribution in [0.1, 0.15) is 18.4 Å². The van der Waals surface area contributed by atoms with Gasteiger partial charge in [-0.1, -0.05) is 18.2 Å². The van der Waals surface area contributed by atoms with Gasteiger partial charge in [-0.25, -0.2) is 9.18 Å². The molecule has 1 fully saturated rings. The lowest BCUT2D eigenvalue weighted by molar-refractivity contribution is -0.117. The van der Waals surface area contributed by atoms with Crippen LogP contribution in [0.25, 0.3) is 0 Å². The molecule has 3 rings (SSSR count). The average molecular weight is 384 g/mol. The van der Waals surface area contributed by atoms with E-state index in [1.807, 2.05) is 0 Å². The largest absolute Gasteiger partial charge is 0.334 e. The quantitative estimate of drug-likeness (QED) is 0.590. The zero-order valence-corrected chi connectivity index (χ0v) is 15.1. The molecule has 1 aliphatic carbocycles. The third-order valence-corrected chi connectivity index (χ3v) is 4.14. The molecule has 0 bridgehead atoms. The van der Waals surface area contributed by atoms with Crippen LogP contribution in [0, 0.1) is 11.7 Å². The number of hydrogen-bond acceptors (Lipinski definition) is 3. The van der Waals surface area contributed by atoms with Gasteiger partial charge in [0.15, 0.2) is 0 Å². The van der Waals surface area contributed by atoms with Crippen LogP contribution in [0.2, 0.25) is 0 Å². The van der Waals surface area contributed by atoms with Crippen molar-refractivity contribution in [2.75, 3.05) is 17.2 Å². The molecule has 4 N–H and O–H groups in total. The summed E-state index contributed by atoms with van der Waals surface area (Å²) in [6.07, 6.45) is 1.83. The minimum atomic E-state index is -0.509. The minimum absolute atomic E-state index is 0.0111. The summed E-state index contributed by atoms with van der Waals surface area (Å²) in [5.74, 6) is -0.664. The molecule has 28 heavy (non-hydrogen) atoms. The third-order valence-electron chi connectivity index (χ3n) is 4.14. The summed E-state index contributed by atoms with van der Waals surface area (Å²) in [5, 5.41) is 10.5. The maximum atomic E-state index is 12.8. The zero-order chi connectivity index (χ0) is 19.9. The Hall–Kier alpha value is -3.42. The molecule has 1 saturated carbocycles. The Morgan fingerprint density at radius 3 is 2.29 bits per heavy atom. The molecule has 2 aromatic rings. The highest BCUT2D eigenvalue weighted by molar-refractivity contribution is 5.97. The maximum absolute atomic E-state index is 12.8. The van der Waals surface area contributed by atoms with Crippen molar-refractivity contribution in [2.24, 2.45) is 5.92 Å². The third kappa shape index (κ3) is 6.08. The fourth-order valence-electron chi connectivity index (χ4n) is 2.48. The lowest BCUT2D eigenvalue weighted by atomic mass is 10.2. The van der Waals surface area contributed by atoms with E-state index in [0.29, 0.717) is 11.4 Å². The van der Waals surface area contributed by atoms with Crippen LogP contribution in [-0.2, 0) is 16.1 Å². The van der Waals surface area contributed by atoms with Crippen molar-refractivity contribution in [3.63, 3.8) is 0 Å². The summed E-state index contributed by atoms with van der Waals surface area (Å²) in [7, 11) is 0. The molecule has 0 saturated heterocycles. The molecule has 4 amide bonds. The van der Waals surface area contributed by atoms with Crippen molar-refractivity contribution in [2.45, 2.75) is 19.4 Å². The van der Waals surface area contributed by atoms with Gasteiger partial charge in [0.1, 0.15) is 5.82 Å². The Labute approximate surface area is 161 Å². The van der Waals surface area contributed by atoms with Gasteiger partial charge in [-0.3, -0.25) is 9.59 Å². The summed E-state index contributed by atoms with van der Waals surface area (Å²) >= 11 is 0. The van der Waals surface area contributed by atoms with Gasteiger partial charge in [-0.15, -0.1) is 0 Å². The Morgan fingerprint density at radius 1 is 0.929 bits per heavy atom. The van der Waals surface area contributed by atoms with Gasteiger partial charge in [0.2, 0.25) is 11.8 Å². The second-order valence-electron chi connectivity index (χ2n) is 6.56. The van der Waals surface area contributed by atoms with E-state index in [0.717, 1.165) is 18.4 Å². The molecule has 0 aliphatic heterocycles. The topological polar surface area (TPSA) is 99.3 Å². The van der Waals surface area contributed by atoms with Gasteiger partial charge in [0.05, 0.1) is 6.54 Å². The lowest BCUT2D eigenvalue weighted by Crippen LogP contribution is -2.39. The number of carbonyl (C=O) groups is 3. The first-order valence-electron chi connectivity index (χ1n) is 8.96. The number of carbonyl (C=O) groups excluding carboxylic acids is 3. The number of anilines is 2. The van der Waals surface area contributed by atoms with Gasteiger partial charge in [-0.2, -0.15) is 0 Å². The Balaban J connectivity index is 1.40. The molecule has 8 heteroatoms. The molecule has 146 valence electrons. The summed E-state index contributed by atoms with van der Waals surface area (Å²) < 4.78 is 12.8. The number of urea groups is 1. The van der Waals surface area contributed by atoms with Crippen molar-refractivity contribution in [1.82, 2.24) is 10.6 Å². The average Bonchev–Trinajstić information content (AvgIpc) is 3.51. The van der Waals surface area contributed by atoms with E-state index < -0.39 is 11.9 Å². The first-order valence-corrected chi connectivity index (χ1v) is 8.96. The van der Waals surface area contributed by atoms with Crippen LogP contribution in [0.15, 0.2) is 48.5 Å². The number of hydrogen-bond donors (Lipinski definition) is 4. The van der Waals surface area contributed by atoms with Crippen molar-refractivity contribution >= 4 is 29.2 Å². The van der Waals surface area contributed by atoms with Gasteiger partial charge in [-0.05, 0) is 48.7 Å². The molecule has 0 radical (unpaired) electrons. The Morgan fingerprint density at radius 2 is 1.61 bits per heavy atom. The molecule has 2 aromatic carbocycles. The zero-order valence-electron chi connectivity index (χ0n) is 15.1. The number of amides is 4. The van der Waals surface area contributed by atoms with Gasteiger partial charge < -0.3 is 21.3 Å². The molecule has 0 aromatic heterocycles. The SMILES string of the molecule is O=C(CNC(=O)NCc1ccc(F)cc1)Nc1cccc(NC(=O)C2CC2)c1. The van der Waals surface area contributed by atoms with Gasteiger partial charge in [0.25, 0.3) is 0 Å². The van der Waals surface area contributed by atoms with Crippen LogP contribution in [0.5, 0.6) is 0 Å². The molecule has 0 heterocycles. The molecular weight excluding hydrogens is 363 g/mol. The van der Waals surface area contributed by atoms with Crippen LogP contribution < -0.4 is 21.3 Å². The number of benzene rings is 2. The van der Waals surface area contributed by atoms with E-state index in [4.69, 9.17) is 0 Å². The van der Waals surface area contributed by atoms with E-state index in [1.54, 1.807) is 36.4 Å². The Bertz CT molecular complexity index is 866. The van der Waals surface area contributed by atoms with Crippen LogP contribution in [0.3, 0.4) is 0 Å². The standard InChI is InChI=1S/C20H21FN4O3/c21-15-8-4-13(5-9-15)11-22-20(28)23-12-18(26)24-16-2-1-3-17(10-16)25-19(27)14-6-7-14/h1-5,8-10,14H,6-7,11-12H2,(H,24,26)(H,25,27)(H2,22,23,28). The van der Waals surface area contributed by atoms with E-state index in [2.05, 4.69) is 21.3 Å². The number of rotatable bonds is 7. The fraction of sp³-hybridized carbons (Fsp3) is 0.250. The van der Waals surface area contributed by atoms with E-state index in [-0.39, 0.29) is 30.7 Å². The highest BCUT2D eigenvalue weighted by Crippen LogP contribution is 2.30. The molecule has 0 spiro atoms. The van der Waals surface area contributed by atoms with Crippen molar-refractivity contribution in [3.05, 3.63) is 59.9 Å². The first kappa shape index (κ1) is 19.3. The Kier molecular flexibility index (Phi) is 6.21. The van der Waals surface area contributed by atoms with Gasteiger partial charge >= 0.3 is 6.03 Å². The van der Waals surface area contributed by atoms with Crippen LogP contribution in [0.4, 0.5) is 20.6 Å². The molecule has 7 nitrogen and oxygen atoms in total. The highest BCUT2D eigenvalue weighted by Gasteiger charge is 2.29. The van der Waals surface area contributed by atoms with E-state index in [9.17, 15) is 18.8 Å². The number of nitrogens with one attached hydrogen (secondary N) is 4. The lowest BCUT2D eigenvalue weighted by Gasteiger charge is -2.10. The smallest absolute Gasteiger partial charge is 0.315 e. The van der Waals surface area contributed by atoms with Gasteiger partial charge in [0, 0.05) is 23.8 Å². The summed E-state index contributed by atoms with van der Waals surface area (Å²) in [6.45, 7) is 0.00435. The molecular formula is C20H21FN4O3. The predicted octanol–water partition coefficient (Wildman–Crippen LogP) is 2.61. The van der Waals surface area contributed by atoms with Crippen LogP contribution in [-0.4, -0.2) is 24.4 Å². The van der Waals surface area contributed by atoms with E-state index >= 15 is 0 Å². The molecule has 0 unspecified atom stereocenters. The van der Waals surface area contributed by atoms with Crippen molar-refractivity contribution in [3.8, 4) is 0 Å². The van der Waals surface area contributed by atoms with E-state index in [1.165, 1.54) is 12.1 Å². The predicted molar refractivity (Wildman–Crippen MR) is 103 cm³/mol. The normalized spacial score (nSPS) is 12.8. The summed E-state index contributed by atoms with van der Waals surface area (Å²) in [5.41, 5.74) is 1.87. The summed E-state index contributed by atoms with van der Waals surface area (Å²) in [4.78, 5) is 35.6. The van der Waals surface area contributed by atoms with Crippen LogP contribution >= 0.6 is 0 Å².